The van der Waals surface area contributed by atoms with Gasteiger partial charge < -0.3 is 19.7 Å². The summed E-state index contributed by atoms with van der Waals surface area (Å²) in [5.41, 5.74) is 2.53. The quantitative estimate of drug-likeness (QED) is 0.106. The number of carbonyl (C=O) groups is 3. The molecule has 5 saturated heterocycles. The van der Waals surface area contributed by atoms with Crippen molar-refractivity contribution in [3.63, 3.8) is 0 Å². The number of urea groups is 1. The van der Waals surface area contributed by atoms with Crippen molar-refractivity contribution in [1.29, 1.82) is 0 Å². The van der Waals surface area contributed by atoms with Crippen molar-refractivity contribution < 1.29 is 40.4 Å². The number of ketones is 1. The Hall–Kier alpha value is -6.05. The second kappa shape index (κ2) is 16.2. The SMILES string of the molecule is O=C1CCN(c2ccc(N3CCC(CN4CC5(C4)CN(c4ccc(-c6cnc7[nH]cc(C(=O)c8c(F)ccc(NS(=O)(=O)N9CC[C@@H](F)C9)c8F)c7c6)cc4)C5)CC3)cc2F)C(=O)N1. The Morgan fingerprint density at radius 1 is 0.844 bits per heavy atom. The van der Waals surface area contributed by atoms with Gasteiger partial charge in [-0.15, -0.1) is 0 Å². The molecule has 0 bridgehead atoms. The molecule has 5 aromatic rings. The molecular weight excluding hydrogens is 855 g/mol. The molecule has 3 N–H and O–H groups in total. The number of aromatic amines is 1. The number of H-pyrrole nitrogens is 1. The highest BCUT2D eigenvalue weighted by Gasteiger charge is 2.52. The third-order valence-corrected chi connectivity index (χ3v) is 14.8. The number of piperidine rings is 1. The number of nitrogens with one attached hydrogen (secondary N) is 3. The zero-order chi connectivity index (χ0) is 44.5. The van der Waals surface area contributed by atoms with E-state index in [4.69, 9.17) is 0 Å². The summed E-state index contributed by atoms with van der Waals surface area (Å²) in [6, 6.07) is 15.8. The van der Waals surface area contributed by atoms with Gasteiger partial charge in [0.1, 0.15) is 23.5 Å². The summed E-state index contributed by atoms with van der Waals surface area (Å²) >= 11 is 0. The van der Waals surface area contributed by atoms with E-state index in [1.165, 1.54) is 17.2 Å². The molecule has 0 unspecified atom stereocenters. The number of likely N-dealkylation sites (tertiary alicyclic amines) is 1. The van der Waals surface area contributed by atoms with Gasteiger partial charge in [-0.05, 0) is 79.3 Å². The standard InChI is InChI=1S/C45H45F4N9O5S/c46-30-11-15-57(22-30)64(62,63)53-37-7-6-35(47)40(41(37)49)42(60)34-20-51-43-33(34)17-29(19-50-43)28-1-3-31(4-2-28)56-25-45(26-56)23-54(24-45)21-27-9-13-55(14-10-27)32-5-8-38(36(48)18-32)58-16-12-39(59)52-44(58)61/h1-8,17-20,27,30,53H,9-16,21-26H2,(H,50,51)(H,52,59,61)/t30-/m1/s1. The van der Waals surface area contributed by atoms with Gasteiger partial charge >= 0.3 is 16.2 Å². The van der Waals surface area contributed by atoms with Gasteiger partial charge in [0.2, 0.25) is 11.7 Å². The lowest BCUT2D eigenvalue weighted by Gasteiger charge is -2.61. The number of hydrogen-bond donors (Lipinski definition) is 3. The maximum Gasteiger partial charge on any atom is 0.328 e. The highest BCUT2D eigenvalue weighted by Crippen LogP contribution is 2.43. The molecule has 334 valence electrons. The Morgan fingerprint density at radius 3 is 2.30 bits per heavy atom. The van der Waals surface area contributed by atoms with Crippen LogP contribution in [0.15, 0.2) is 73.1 Å². The largest absolute Gasteiger partial charge is 0.371 e. The van der Waals surface area contributed by atoms with E-state index in [1.807, 2.05) is 35.1 Å². The van der Waals surface area contributed by atoms with Crippen LogP contribution in [0.2, 0.25) is 0 Å². The summed E-state index contributed by atoms with van der Waals surface area (Å²) in [7, 11) is -4.35. The van der Waals surface area contributed by atoms with Gasteiger partial charge in [-0.2, -0.15) is 12.7 Å². The van der Waals surface area contributed by atoms with E-state index in [0.717, 1.165) is 92.0 Å². The molecule has 2 aromatic heterocycles. The minimum atomic E-state index is -4.35. The average molecular weight is 900 g/mol. The molecule has 5 aliphatic rings. The monoisotopic (exact) mass is 899 g/mol. The van der Waals surface area contributed by atoms with Crippen LogP contribution in [-0.2, 0) is 15.0 Å². The molecule has 3 aromatic carbocycles. The molecule has 1 atom stereocenters. The van der Waals surface area contributed by atoms with Crippen molar-refractivity contribution in [2.75, 3.05) is 84.9 Å². The first kappa shape index (κ1) is 41.9. The van der Waals surface area contributed by atoms with Crippen molar-refractivity contribution in [2.24, 2.45) is 11.3 Å². The maximum absolute atomic E-state index is 15.7. The predicted molar refractivity (Wildman–Crippen MR) is 233 cm³/mol. The topological polar surface area (TPSA) is 154 Å². The Labute approximate surface area is 366 Å². The summed E-state index contributed by atoms with van der Waals surface area (Å²) in [4.78, 5) is 53.1. The number of benzene rings is 3. The molecule has 64 heavy (non-hydrogen) atoms. The number of halogens is 4. The fourth-order valence-electron chi connectivity index (χ4n) is 9.92. The van der Waals surface area contributed by atoms with Crippen molar-refractivity contribution in [2.45, 2.75) is 31.9 Å². The summed E-state index contributed by atoms with van der Waals surface area (Å²) in [6.45, 7) is 6.34. The highest BCUT2D eigenvalue weighted by molar-refractivity contribution is 7.90. The Morgan fingerprint density at radius 2 is 1.59 bits per heavy atom. The number of fused-ring (bicyclic) bond motifs is 1. The molecule has 5 aliphatic heterocycles. The molecule has 1 spiro atoms. The third-order valence-electron chi connectivity index (χ3n) is 13.3. The number of anilines is 4. The van der Waals surface area contributed by atoms with Gasteiger partial charge in [0.25, 0.3) is 0 Å². The lowest BCUT2D eigenvalue weighted by Crippen LogP contribution is -2.72. The first-order chi connectivity index (χ1) is 30.7. The maximum atomic E-state index is 15.7. The van der Waals surface area contributed by atoms with Crippen LogP contribution in [0.3, 0.4) is 0 Å². The van der Waals surface area contributed by atoms with E-state index in [0.29, 0.717) is 22.5 Å². The molecule has 0 saturated carbocycles. The molecule has 0 radical (unpaired) electrons. The number of aromatic nitrogens is 2. The number of nitrogens with zero attached hydrogens (tertiary/aromatic N) is 6. The van der Waals surface area contributed by atoms with Crippen LogP contribution in [0.5, 0.6) is 0 Å². The molecule has 3 amide bonds. The number of amides is 3. The van der Waals surface area contributed by atoms with Gasteiger partial charge in [-0.3, -0.25) is 24.5 Å². The zero-order valence-corrected chi connectivity index (χ0v) is 35.4. The first-order valence-corrected chi connectivity index (χ1v) is 22.8. The van der Waals surface area contributed by atoms with Gasteiger partial charge in [0.15, 0.2) is 5.82 Å². The van der Waals surface area contributed by atoms with Crippen LogP contribution in [-0.4, -0.2) is 117 Å². The minimum Gasteiger partial charge on any atom is -0.371 e. The first-order valence-electron chi connectivity index (χ1n) is 21.4. The highest BCUT2D eigenvalue weighted by atomic mass is 32.2. The van der Waals surface area contributed by atoms with Crippen LogP contribution in [0, 0.1) is 28.8 Å². The number of imide groups is 1. The number of hydrogen-bond acceptors (Lipinski definition) is 9. The lowest BCUT2D eigenvalue weighted by atomic mass is 9.72. The van der Waals surface area contributed by atoms with E-state index >= 15 is 13.2 Å². The van der Waals surface area contributed by atoms with Crippen LogP contribution < -0.4 is 24.7 Å². The predicted octanol–water partition coefficient (Wildman–Crippen LogP) is 6.06. The van der Waals surface area contributed by atoms with Crippen molar-refractivity contribution >= 4 is 61.7 Å². The van der Waals surface area contributed by atoms with E-state index in [9.17, 15) is 27.2 Å². The second-order valence-corrected chi connectivity index (χ2v) is 19.4. The van der Waals surface area contributed by atoms with E-state index in [2.05, 4.69) is 30.0 Å². The normalized spacial score (nSPS) is 20.8. The summed E-state index contributed by atoms with van der Waals surface area (Å²) < 4.78 is 88.1. The fraction of sp³-hybridized carbons (Fsp3) is 0.378. The summed E-state index contributed by atoms with van der Waals surface area (Å²) in [5.74, 6) is -3.84. The van der Waals surface area contributed by atoms with Crippen LogP contribution >= 0.6 is 0 Å². The molecule has 7 heterocycles. The lowest BCUT2D eigenvalue weighted by molar-refractivity contribution is -0.120. The molecule has 10 rings (SSSR count). The Bertz CT molecular complexity index is 2790. The minimum absolute atomic E-state index is 0.00301. The molecule has 5 fully saturated rings. The molecule has 19 heteroatoms. The van der Waals surface area contributed by atoms with E-state index in [1.54, 1.807) is 18.3 Å². The number of carbonyl (C=O) groups excluding carboxylic acids is 3. The van der Waals surface area contributed by atoms with Crippen LogP contribution in [0.4, 0.5) is 45.1 Å². The summed E-state index contributed by atoms with van der Waals surface area (Å²) in [5, 5.41) is 2.57. The third kappa shape index (κ3) is 7.82. The Balaban J connectivity index is 0.723. The van der Waals surface area contributed by atoms with E-state index in [-0.39, 0.29) is 55.0 Å². The molecular formula is C45H45F4N9O5S. The number of rotatable bonds is 11. The average Bonchev–Trinajstić information content (AvgIpc) is 3.89. The van der Waals surface area contributed by atoms with Gasteiger partial charge in [0, 0.05) is 118 Å². The van der Waals surface area contributed by atoms with Crippen LogP contribution in [0.25, 0.3) is 22.2 Å². The number of alkyl halides is 1. The van der Waals surface area contributed by atoms with Gasteiger partial charge in [-0.1, -0.05) is 12.1 Å². The molecule has 0 aliphatic carbocycles. The second-order valence-electron chi connectivity index (χ2n) is 17.7. The van der Waals surface area contributed by atoms with Crippen molar-refractivity contribution in [3.05, 3.63) is 102 Å². The van der Waals surface area contributed by atoms with Crippen LogP contribution in [0.1, 0.15) is 41.6 Å². The van der Waals surface area contributed by atoms with Gasteiger partial charge in [-0.25, -0.2) is 27.3 Å². The smallest absolute Gasteiger partial charge is 0.328 e. The van der Waals surface area contributed by atoms with Crippen molar-refractivity contribution in [3.8, 4) is 11.1 Å². The van der Waals surface area contributed by atoms with Gasteiger partial charge in [0.05, 0.1) is 16.9 Å². The number of pyridine rings is 1. The zero-order valence-electron chi connectivity index (χ0n) is 34.6. The molecule has 14 nitrogen and oxygen atoms in total. The van der Waals surface area contributed by atoms with Crippen molar-refractivity contribution in [1.82, 2.24) is 24.5 Å². The fourth-order valence-corrected chi connectivity index (χ4v) is 11.2. The van der Waals surface area contributed by atoms with E-state index < -0.39 is 56.9 Å². The Kier molecular flexibility index (Phi) is 10.6. The summed E-state index contributed by atoms with van der Waals surface area (Å²) in [6.07, 6.45) is 3.76.